The van der Waals surface area contributed by atoms with E-state index in [-0.39, 0.29) is 6.04 Å². The highest BCUT2D eigenvalue weighted by atomic mass is 16.3. The van der Waals surface area contributed by atoms with E-state index in [9.17, 15) is 0 Å². The standard InChI is InChI=1S/C17H19NO/c1-3-9-15(4-2)18-17(16-12-8-13-19-16)14-10-6-5-7-11-14/h1,5-8,10-13,15,17-18H,4,9H2,2H3. The summed E-state index contributed by atoms with van der Waals surface area (Å²) in [6.45, 7) is 2.14. The molecule has 2 atom stereocenters. The molecule has 1 heterocycles. The molecular formula is C17H19NO. The van der Waals surface area contributed by atoms with Gasteiger partial charge in [-0.3, -0.25) is 5.32 Å². The molecule has 0 saturated heterocycles. The van der Waals surface area contributed by atoms with Gasteiger partial charge in [-0.1, -0.05) is 37.3 Å². The molecule has 0 amide bonds. The molecule has 98 valence electrons. The maximum atomic E-state index is 5.56. The molecule has 0 bridgehead atoms. The molecule has 1 N–H and O–H groups in total. The number of terminal acetylenes is 1. The van der Waals surface area contributed by atoms with Gasteiger partial charge in [-0.05, 0) is 24.1 Å². The zero-order valence-electron chi connectivity index (χ0n) is 11.2. The average Bonchev–Trinajstić information content (AvgIpc) is 2.98. The Kier molecular flexibility index (Phi) is 4.83. The van der Waals surface area contributed by atoms with E-state index in [1.807, 2.05) is 30.3 Å². The Bertz CT molecular complexity index is 510. The highest BCUT2D eigenvalue weighted by Crippen LogP contribution is 2.23. The molecule has 2 rings (SSSR count). The molecule has 0 radical (unpaired) electrons. The normalized spacial score (nSPS) is 13.7. The molecule has 2 unspecified atom stereocenters. The summed E-state index contributed by atoms with van der Waals surface area (Å²) in [5.74, 6) is 3.65. The van der Waals surface area contributed by atoms with Crippen LogP contribution in [0, 0.1) is 12.3 Å². The molecule has 0 fully saturated rings. The van der Waals surface area contributed by atoms with Crippen molar-refractivity contribution in [3.05, 3.63) is 60.1 Å². The van der Waals surface area contributed by atoms with Crippen LogP contribution in [0.1, 0.15) is 37.1 Å². The summed E-state index contributed by atoms with van der Waals surface area (Å²) in [4.78, 5) is 0. The molecule has 0 spiro atoms. The smallest absolute Gasteiger partial charge is 0.125 e. The minimum atomic E-state index is 0.0505. The first-order chi connectivity index (χ1) is 9.35. The van der Waals surface area contributed by atoms with E-state index in [4.69, 9.17) is 10.8 Å². The molecule has 19 heavy (non-hydrogen) atoms. The molecule has 1 aromatic heterocycles. The number of nitrogens with one attached hydrogen (secondary N) is 1. The molecule has 2 heteroatoms. The number of benzene rings is 1. The van der Waals surface area contributed by atoms with Crippen LogP contribution in [0.4, 0.5) is 0 Å². The zero-order valence-corrected chi connectivity index (χ0v) is 11.2. The quantitative estimate of drug-likeness (QED) is 0.793. The number of rotatable bonds is 6. The maximum Gasteiger partial charge on any atom is 0.125 e. The van der Waals surface area contributed by atoms with E-state index in [2.05, 4.69) is 30.3 Å². The van der Waals surface area contributed by atoms with E-state index in [0.717, 1.165) is 18.6 Å². The third kappa shape index (κ3) is 3.49. The van der Waals surface area contributed by atoms with Crippen LogP contribution < -0.4 is 5.32 Å². The highest BCUT2D eigenvalue weighted by molar-refractivity contribution is 5.26. The van der Waals surface area contributed by atoms with Crippen molar-refractivity contribution in [3.8, 4) is 12.3 Å². The summed E-state index contributed by atoms with van der Waals surface area (Å²) in [6, 6.07) is 14.5. The molecular weight excluding hydrogens is 234 g/mol. The van der Waals surface area contributed by atoms with E-state index < -0.39 is 0 Å². The van der Waals surface area contributed by atoms with Crippen molar-refractivity contribution in [1.82, 2.24) is 5.32 Å². The van der Waals surface area contributed by atoms with Crippen molar-refractivity contribution in [2.75, 3.05) is 0 Å². The summed E-state index contributed by atoms with van der Waals surface area (Å²) in [6.07, 6.45) is 8.85. The van der Waals surface area contributed by atoms with Gasteiger partial charge in [0.15, 0.2) is 0 Å². The second kappa shape index (κ2) is 6.82. The average molecular weight is 253 g/mol. The monoisotopic (exact) mass is 253 g/mol. The maximum absolute atomic E-state index is 5.56. The third-order valence-electron chi connectivity index (χ3n) is 3.22. The number of hydrogen-bond donors (Lipinski definition) is 1. The predicted octanol–water partition coefficient (Wildman–Crippen LogP) is 3.76. The Hall–Kier alpha value is -1.98. The summed E-state index contributed by atoms with van der Waals surface area (Å²) in [5.41, 5.74) is 1.19. The van der Waals surface area contributed by atoms with Gasteiger partial charge >= 0.3 is 0 Å². The van der Waals surface area contributed by atoms with Crippen molar-refractivity contribution in [3.63, 3.8) is 0 Å². The lowest BCUT2D eigenvalue weighted by molar-refractivity contribution is 0.400. The Morgan fingerprint density at radius 2 is 2.00 bits per heavy atom. The highest BCUT2D eigenvalue weighted by Gasteiger charge is 2.19. The topological polar surface area (TPSA) is 25.2 Å². The Labute approximate surface area is 114 Å². The van der Waals surface area contributed by atoms with Crippen molar-refractivity contribution in [1.29, 1.82) is 0 Å². The van der Waals surface area contributed by atoms with Gasteiger partial charge in [0.05, 0.1) is 12.3 Å². The van der Waals surface area contributed by atoms with Gasteiger partial charge in [-0.2, -0.15) is 0 Å². The summed E-state index contributed by atoms with van der Waals surface area (Å²) >= 11 is 0. The van der Waals surface area contributed by atoms with Crippen LogP contribution in [0.2, 0.25) is 0 Å². The fourth-order valence-electron chi connectivity index (χ4n) is 2.14. The molecule has 2 aromatic rings. The van der Waals surface area contributed by atoms with Crippen molar-refractivity contribution in [2.45, 2.75) is 31.8 Å². The Morgan fingerprint density at radius 1 is 1.21 bits per heavy atom. The lowest BCUT2D eigenvalue weighted by Crippen LogP contribution is -2.32. The van der Waals surface area contributed by atoms with Gasteiger partial charge in [-0.25, -0.2) is 0 Å². The van der Waals surface area contributed by atoms with E-state index in [0.29, 0.717) is 6.04 Å². The minimum absolute atomic E-state index is 0.0505. The van der Waals surface area contributed by atoms with Crippen LogP contribution in [0.15, 0.2) is 53.1 Å². The first kappa shape index (κ1) is 13.5. The lowest BCUT2D eigenvalue weighted by atomic mass is 10.0. The molecule has 0 aliphatic rings. The van der Waals surface area contributed by atoms with Crippen molar-refractivity contribution < 1.29 is 4.42 Å². The first-order valence-electron chi connectivity index (χ1n) is 6.63. The van der Waals surface area contributed by atoms with Gasteiger partial charge in [0, 0.05) is 12.5 Å². The van der Waals surface area contributed by atoms with Gasteiger partial charge < -0.3 is 4.42 Å². The van der Waals surface area contributed by atoms with Crippen LogP contribution >= 0.6 is 0 Å². The SMILES string of the molecule is C#CCC(CC)NC(c1ccccc1)c1ccco1. The Balaban J connectivity index is 2.23. The first-order valence-corrected chi connectivity index (χ1v) is 6.63. The fraction of sp³-hybridized carbons (Fsp3) is 0.294. The summed E-state index contributed by atoms with van der Waals surface area (Å²) in [7, 11) is 0. The minimum Gasteiger partial charge on any atom is -0.467 e. The summed E-state index contributed by atoms with van der Waals surface area (Å²) in [5, 5.41) is 3.59. The van der Waals surface area contributed by atoms with Crippen molar-refractivity contribution in [2.24, 2.45) is 0 Å². The molecule has 0 saturated carbocycles. The number of furan rings is 1. The second-order valence-electron chi connectivity index (χ2n) is 4.54. The third-order valence-corrected chi connectivity index (χ3v) is 3.22. The van der Waals surface area contributed by atoms with E-state index in [1.54, 1.807) is 6.26 Å². The van der Waals surface area contributed by atoms with Gasteiger partial charge in [0.25, 0.3) is 0 Å². The largest absolute Gasteiger partial charge is 0.467 e. The van der Waals surface area contributed by atoms with Crippen LogP contribution in [-0.4, -0.2) is 6.04 Å². The van der Waals surface area contributed by atoms with Gasteiger partial charge in [0.1, 0.15) is 5.76 Å². The van der Waals surface area contributed by atoms with Crippen LogP contribution in [-0.2, 0) is 0 Å². The van der Waals surface area contributed by atoms with Crippen LogP contribution in [0.5, 0.6) is 0 Å². The Morgan fingerprint density at radius 3 is 2.58 bits per heavy atom. The molecule has 0 aliphatic heterocycles. The van der Waals surface area contributed by atoms with Crippen molar-refractivity contribution >= 4 is 0 Å². The number of hydrogen-bond acceptors (Lipinski definition) is 2. The van der Waals surface area contributed by atoms with Gasteiger partial charge in [-0.15, -0.1) is 12.3 Å². The predicted molar refractivity (Wildman–Crippen MR) is 77.7 cm³/mol. The fourth-order valence-corrected chi connectivity index (χ4v) is 2.14. The van der Waals surface area contributed by atoms with Crippen LogP contribution in [0.3, 0.4) is 0 Å². The molecule has 2 nitrogen and oxygen atoms in total. The molecule has 0 aliphatic carbocycles. The lowest BCUT2D eigenvalue weighted by Gasteiger charge is -2.23. The second-order valence-corrected chi connectivity index (χ2v) is 4.54. The van der Waals surface area contributed by atoms with Gasteiger partial charge in [0.2, 0.25) is 0 Å². The van der Waals surface area contributed by atoms with E-state index >= 15 is 0 Å². The van der Waals surface area contributed by atoms with E-state index in [1.165, 1.54) is 5.56 Å². The summed E-state index contributed by atoms with van der Waals surface area (Å²) < 4.78 is 5.56. The van der Waals surface area contributed by atoms with Crippen LogP contribution in [0.25, 0.3) is 0 Å². The molecule has 1 aromatic carbocycles. The zero-order chi connectivity index (χ0) is 13.5.